The van der Waals surface area contributed by atoms with Crippen LogP contribution in [0.4, 0.5) is 0 Å². The highest BCUT2D eigenvalue weighted by Gasteiger charge is 2.22. The molecule has 2 aliphatic rings. The second kappa shape index (κ2) is 9.55. The molecular formula is C14H28ClN3O2. The van der Waals surface area contributed by atoms with Gasteiger partial charge >= 0.3 is 0 Å². The lowest BCUT2D eigenvalue weighted by atomic mass is 9.95. The van der Waals surface area contributed by atoms with Crippen molar-refractivity contribution in [2.45, 2.75) is 38.1 Å². The van der Waals surface area contributed by atoms with Crippen molar-refractivity contribution >= 4 is 18.3 Å². The number of nitrogens with zero attached hydrogens (tertiary/aromatic N) is 1. The van der Waals surface area contributed by atoms with Crippen LogP contribution in [0.2, 0.25) is 0 Å². The monoisotopic (exact) mass is 305 g/mol. The van der Waals surface area contributed by atoms with Gasteiger partial charge in [0, 0.05) is 25.8 Å². The van der Waals surface area contributed by atoms with Gasteiger partial charge in [-0.25, -0.2) is 0 Å². The number of rotatable bonds is 5. The first-order valence-corrected chi connectivity index (χ1v) is 7.57. The van der Waals surface area contributed by atoms with Gasteiger partial charge in [-0.05, 0) is 51.1 Å². The minimum absolute atomic E-state index is 0. The largest absolute Gasteiger partial charge is 0.381 e. The molecule has 2 fully saturated rings. The molecule has 0 bridgehead atoms. The Labute approximate surface area is 128 Å². The van der Waals surface area contributed by atoms with Crippen LogP contribution in [-0.4, -0.2) is 56.2 Å². The van der Waals surface area contributed by atoms with E-state index in [1.807, 2.05) is 0 Å². The summed E-state index contributed by atoms with van der Waals surface area (Å²) in [5.41, 5.74) is 5.62. The van der Waals surface area contributed by atoms with E-state index in [-0.39, 0.29) is 18.3 Å². The highest BCUT2D eigenvalue weighted by atomic mass is 35.5. The van der Waals surface area contributed by atoms with Crippen LogP contribution in [0.1, 0.15) is 32.1 Å². The van der Waals surface area contributed by atoms with E-state index in [1.54, 1.807) is 0 Å². The Balaban J connectivity index is 0.00000200. The Bertz CT molecular complexity index is 284. The first-order valence-electron chi connectivity index (χ1n) is 7.57. The summed E-state index contributed by atoms with van der Waals surface area (Å²) in [6.07, 6.45) is 5.42. The lowest BCUT2D eigenvalue weighted by Crippen LogP contribution is -2.46. The van der Waals surface area contributed by atoms with Crippen LogP contribution < -0.4 is 11.1 Å². The molecule has 118 valence electrons. The molecule has 2 rings (SSSR count). The normalized spacial score (nSPS) is 24.9. The van der Waals surface area contributed by atoms with Crippen LogP contribution in [-0.2, 0) is 9.53 Å². The van der Waals surface area contributed by atoms with E-state index < -0.39 is 0 Å². The topological polar surface area (TPSA) is 67.6 Å². The minimum atomic E-state index is 0. The molecule has 0 aliphatic carbocycles. The fraction of sp³-hybridized carbons (Fsp3) is 0.929. The zero-order chi connectivity index (χ0) is 13.5. The molecule has 1 amide bonds. The highest BCUT2D eigenvalue weighted by Crippen LogP contribution is 2.18. The zero-order valence-corrected chi connectivity index (χ0v) is 13.0. The Kier molecular flexibility index (Phi) is 8.45. The maximum atomic E-state index is 12.0. The van der Waals surface area contributed by atoms with E-state index >= 15 is 0 Å². The van der Waals surface area contributed by atoms with Crippen LogP contribution in [0.5, 0.6) is 0 Å². The number of carbonyl (C=O) groups excluding carboxylic acids is 1. The van der Waals surface area contributed by atoms with E-state index in [0.29, 0.717) is 18.5 Å². The van der Waals surface area contributed by atoms with Crippen molar-refractivity contribution in [1.29, 1.82) is 0 Å². The summed E-state index contributed by atoms with van der Waals surface area (Å²) in [7, 11) is 0. The Hall–Kier alpha value is -0.360. The predicted molar refractivity (Wildman–Crippen MR) is 82.1 cm³/mol. The third-order valence-electron chi connectivity index (χ3n) is 4.13. The fourth-order valence-electron chi connectivity index (χ4n) is 3.08. The number of amides is 1. The lowest BCUT2D eigenvalue weighted by Gasteiger charge is -2.32. The molecule has 0 saturated carbocycles. The summed E-state index contributed by atoms with van der Waals surface area (Å²) in [6, 6.07) is 0.311. The number of carbonyl (C=O) groups is 1. The van der Waals surface area contributed by atoms with Gasteiger partial charge in [0.25, 0.3) is 0 Å². The smallest absolute Gasteiger partial charge is 0.234 e. The molecule has 0 aromatic heterocycles. The van der Waals surface area contributed by atoms with Gasteiger partial charge in [-0.15, -0.1) is 12.4 Å². The Morgan fingerprint density at radius 2 is 2.05 bits per heavy atom. The second-order valence-electron chi connectivity index (χ2n) is 5.77. The van der Waals surface area contributed by atoms with Crippen molar-refractivity contribution in [3.63, 3.8) is 0 Å². The summed E-state index contributed by atoms with van der Waals surface area (Å²) in [6.45, 7) is 4.91. The molecule has 1 atom stereocenters. The second-order valence-corrected chi connectivity index (χ2v) is 5.77. The van der Waals surface area contributed by atoms with Crippen LogP contribution in [0.25, 0.3) is 0 Å². The lowest BCUT2D eigenvalue weighted by molar-refractivity contribution is -0.124. The van der Waals surface area contributed by atoms with Crippen LogP contribution in [0, 0.1) is 5.92 Å². The van der Waals surface area contributed by atoms with Crippen molar-refractivity contribution in [2.75, 3.05) is 39.4 Å². The van der Waals surface area contributed by atoms with Crippen LogP contribution in [0.15, 0.2) is 0 Å². The molecular weight excluding hydrogens is 278 g/mol. The molecule has 2 saturated heterocycles. The van der Waals surface area contributed by atoms with Crippen molar-refractivity contribution in [1.82, 2.24) is 10.2 Å². The Morgan fingerprint density at radius 3 is 2.75 bits per heavy atom. The summed E-state index contributed by atoms with van der Waals surface area (Å²) in [4.78, 5) is 14.3. The van der Waals surface area contributed by atoms with Crippen molar-refractivity contribution in [3.8, 4) is 0 Å². The van der Waals surface area contributed by atoms with Gasteiger partial charge in [0.05, 0.1) is 6.54 Å². The standard InChI is InChI=1S/C14H27N3O2.ClH/c15-6-3-12-2-1-7-17(10-12)11-14(18)16-13-4-8-19-9-5-13;/h12-13H,1-11,15H2,(H,16,18);1H. The Morgan fingerprint density at radius 1 is 1.30 bits per heavy atom. The number of halogens is 1. The zero-order valence-electron chi connectivity index (χ0n) is 12.2. The first kappa shape index (κ1) is 17.7. The molecule has 0 spiro atoms. The van der Waals surface area contributed by atoms with Crippen molar-refractivity contribution in [2.24, 2.45) is 11.7 Å². The van der Waals surface area contributed by atoms with E-state index in [4.69, 9.17) is 10.5 Å². The van der Waals surface area contributed by atoms with Gasteiger partial charge in [0.1, 0.15) is 0 Å². The average Bonchev–Trinajstić information content (AvgIpc) is 2.40. The third kappa shape index (κ3) is 5.95. The number of nitrogens with two attached hydrogens (primary N) is 1. The van der Waals surface area contributed by atoms with E-state index in [9.17, 15) is 4.79 Å². The van der Waals surface area contributed by atoms with Gasteiger partial charge in [0.2, 0.25) is 5.91 Å². The number of nitrogens with one attached hydrogen (secondary N) is 1. The van der Waals surface area contributed by atoms with Gasteiger partial charge in [-0.3, -0.25) is 9.69 Å². The van der Waals surface area contributed by atoms with Gasteiger partial charge in [-0.1, -0.05) is 0 Å². The summed E-state index contributed by atoms with van der Waals surface area (Å²) in [5, 5.41) is 3.13. The molecule has 5 nitrogen and oxygen atoms in total. The number of hydrogen-bond acceptors (Lipinski definition) is 4. The molecule has 0 aromatic carbocycles. The fourth-order valence-corrected chi connectivity index (χ4v) is 3.08. The molecule has 20 heavy (non-hydrogen) atoms. The van der Waals surface area contributed by atoms with Crippen molar-refractivity contribution in [3.05, 3.63) is 0 Å². The van der Waals surface area contributed by atoms with Crippen LogP contribution >= 0.6 is 12.4 Å². The molecule has 6 heteroatoms. The molecule has 1 unspecified atom stereocenters. The summed E-state index contributed by atoms with van der Waals surface area (Å²) in [5.74, 6) is 0.843. The third-order valence-corrected chi connectivity index (χ3v) is 4.13. The quantitative estimate of drug-likeness (QED) is 0.787. The SMILES string of the molecule is Cl.NCCC1CCCN(CC(=O)NC2CCOCC2)C1. The minimum Gasteiger partial charge on any atom is -0.381 e. The van der Waals surface area contributed by atoms with Gasteiger partial charge in [-0.2, -0.15) is 0 Å². The maximum absolute atomic E-state index is 12.0. The van der Waals surface area contributed by atoms with Crippen LogP contribution in [0.3, 0.4) is 0 Å². The molecule has 3 N–H and O–H groups in total. The first-order chi connectivity index (χ1) is 9.28. The average molecular weight is 306 g/mol. The van der Waals surface area contributed by atoms with E-state index in [2.05, 4.69) is 10.2 Å². The number of likely N-dealkylation sites (tertiary alicyclic amines) is 1. The number of ether oxygens (including phenoxy) is 1. The maximum Gasteiger partial charge on any atom is 0.234 e. The number of hydrogen-bond donors (Lipinski definition) is 2. The van der Waals surface area contributed by atoms with Gasteiger partial charge in [0.15, 0.2) is 0 Å². The molecule has 2 aliphatic heterocycles. The molecule has 0 radical (unpaired) electrons. The summed E-state index contributed by atoms with van der Waals surface area (Å²) < 4.78 is 5.30. The highest BCUT2D eigenvalue weighted by molar-refractivity contribution is 5.85. The predicted octanol–water partition coefficient (Wildman–Crippen LogP) is 0.764. The van der Waals surface area contributed by atoms with Crippen molar-refractivity contribution < 1.29 is 9.53 Å². The molecule has 2 heterocycles. The number of piperidine rings is 1. The van der Waals surface area contributed by atoms with E-state index in [1.165, 1.54) is 12.8 Å². The summed E-state index contributed by atoms with van der Waals surface area (Å²) >= 11 is 0. The molecule has 0 aromatic rings. The van der Waals surface area contributed by atoms with E-state index in [0.717, 1.165) is 52.1 Å². The van der Waals surface area contributed by atoms with Gasteiger partial charge < -0.3 is 15.8 Å².